The highest BCUT2D eigenvalue weighted by Crippen LogP contribution is 2.12. The van der Waals surface area contributed by atoms with Gasteiger partial charge >= 0.3 is 0 Å². The summed E-state index contributed by atoms with van der Waals surface area (Å²) in [5, 5.41) is 0. The molecule has 0 saturated carbocycles. The molecule has 1 aromatic rings. The van der Waals surface area contributed by atoms with E-state index in [1.54, 1.807) is 13.2 Å². The number of ether oxygens (including phenoxy) is 1. The molecule has 0 aliphatic rings. The molecule has 0 fully saturated rings. The lowest BCUT2D eigenvalue weighted by atomic mass is 10.1. The fraction of sp³-hybridized carbons (Fsp3) is 0.333. The van der Waals surface area contributed by atoms with Crippen LogP contribution in [0.5, 0.6) is 5.75 Å². The van der Waals surface area contributed by atoms with Crippen LogP contribution in [-0.4, -0.2) is 19.7 Å². The van der Waals surface area contributed by atoms with Gasteiger partial charge in [0.1, 0.15) is 5.75 Å². The Morgan fingerprint density at radius 1 is 1.38 bits per heavy atom. The molecule has 0 saturated heterocycles. The third kappa shape index (κ3) is 3.92. The average molecular weight is 221 g/mol. The molecule has 1 unspecified atom stereocenters. The van der Waals surface area contributed by atoms with E-state index in [1.807, 2.05) is 24.3 Å². The molecule has 0 aliphatic heterocycles. The second-order valence-electron chi connectivity index (χ2n) is 3.67. The molecule has 16 heavy (non-hydrogen) atoms. The lowest BCUT2D eigenvalue weighted by Crippen LogP contribution is -2.28. The zero-order chi connectivity index (χ0) is 12.0. The van der Waals surface area contributed by atoms with E-state index in [1.165, 1.54) is 0 Å². The molecule has 0 radical (unpaired) electrons. The van der Waals surface area contributed by atoms with Crippen LogP contribution in [0.15, 0.2) is 36.0 Å². The fourth-order valence-corrected chi connectivity index (χ4v) is 1.38. The van der Waals surface area contributed by atoms with Crippen LogP contribution < -0.4 is 21.9 Å². The molecule has 0 spiro atoms. The van der Waals surface area contributed by atoms with E-state index in [4.69, 9.17) is 21.9 Å². The highest BCUT2D eigenvalue weighted by atomic mass is 16.5. The Kier molecular flexibility index (Phi) is 4.82. The minimum Gasteiger partial charge on any atom is -0.497 e. The molecule has 6 N–H and O–H groups in total. The molecule has 0 heterocycles. The Labute approximate surface area is 96.1 Å². The molecule has 88 valence electrons. The molecule has 1 rings (SSSR count). The van der Waals surface area contributed by atoms with Crippen LogP contribution in [0.3, 0.4) is 0 Å². The van der Waals surface area contributed by atoms with Crippen molar-refractivity contribution in [3.05, 3.63) is 41.6 Å². The Balaban J connectivity index is 2.62. The zero-order valence-corrected chi connectivity index (χ0v) is 9.52. The first-order valence-electron chi connectivity index (χ1n) is 5.20. The third-order valence-corrected chi connectivity index (χ3v) is 2.27. The van der Waals surface area contributed by atoms with Crippen molar-refractivity contribution >= 4 is 0 Å². The van der Waals surface area contributed by atoms with Crippen molar-refractivity contribution in [2.75, 3.05) is 13.7 Å². The summed E-state index contributed by atoms with van der Waals surface area (Å²) in [6, 6.07) is 7.61. The minimum atomic E-state index is -0.168. The summed E-state index contributed by atoms with van der Waals surface area (Å²) in [7, 11) is 1.64. The highest BCUT2D eigenvalue weighted by molar-refractivity contribution is 5.29. The van der Waals surface area contributed by atoms with Gasteiger partial charge in [-0.3, -0.25) is 0 Å². The van der Waals surface area contributed by atoms with E-state index in [0.717, 1.165) is 17.0 Å². The van der Waals surface area contributed by atoms with Gasteiger partial charge in [0.2, 0.25) is 0 Å². The van der Waals surface area contributed by atoms with Gasteiger partial charge in [0.25, 0.3) is 0 Å². The van der Waals surface area contributed by atoms with Crippen molar-refractivity contribution in [1.29, 1.82) is 0 Å². The number of methoxy groups -OCH3 is 1. The van der Waals surface area contributed by atoms with Gasteiger partial charge in [-0.25, -0.2) is 0 Å². The molecular weight excluding hydrogens is 202 g/mol. The maximum Gasteiger partial charge on any atom is 0.118 e. The van der Waals surface area contributed by atoms with Crippen LogP contribution in [0.4, 0.5) is 0 Å². The molecule has 0 aliphatic carbocycles. The molecule has 4 nitrogen and oxygen atoms in total. The van der Waals surface area contributed by atoms with Gasteiger partial charge in [0, 0.05) is 24.7 Å². The zero-order valence-electron chi connectivity index (χ0n) is 9.52. The standard InChI is InChI=1S/C12H19N3O/c1-16-12-4-2-9(3-5-12)6-10(14)7-11(15)8-13/h2-5,7,11H,6,8,13-15H2,1H3/b10-7-. The summed E-state index contributed by atoms with van der Waals surface area (Å²) in [6.45, 7) is 0.406. The molecule has 1 aromatic carbocycles. The quantitative estimate of drug-likeness (QED) is 0.670. The van der Waals surface area contributed by atoms with Crippen LogP contribution in [0, 0.1) is 0 Å². The van der Waals surface area contributed by atoms with Gasteiger partial charge in [0.05, 0.1) is 7.11 Å². The number of hydrogen-bond acceptors (Lipinski definition) is 4. The summed E-state index contributed by atoms with van der Waals surface area (Å²) < 4.78 is 5.07. The molecule has 0 bridgehead atoms. The van der Waals surface area contributed by atoms with Gasteiger partial charge in [-0.15, -0.1) is 0 Å². The third-order valence-electron chi connectivity index (χ3n) is 2.27. The van der Waals surface area contributed by atoms with Gasteiger partial charge in [-0.2, -0.15) is 0 Å². The number of nitrogens with two attached hydrogens (primary N) is 3. The minimum absolute atomic E-state index is 0.168. The summed E-state index contributed by atoms with van der Waals surface area (Å²) in [4.78, 5) is 0. The van der Waals surface area contributed by atoms with Gasteiger partial charge in [-0.05, 0) is 23.8 Å². The number of allylic oxidation sites excluding steroid dienone is 1. The predicted octanol–water partition coefficient (Wildman–Crippen LogP) is 0.366. The van der Waals surface area contributed by atoms with Crippen molar-refractivity contribution in [2.45, 2.75) is 12.5 Å². The summed E-state index contributed by atoms with van der Waals surface area (Å²) in [6.07, 6.45) is 2.47. The topological polar surface area (TPSA) is 87.3 Å². The summed E-state index contributed by atoms with van der Waals surface area (Å²) >= 11 is 0. The highest BCUT2D eigenvalue weighted by Gasteiger charge is 1.99. The predicted molar refractivity (Wildman–Crippen MR) is 66.0 cm³/mol. The van der Waals surface area contributed by atoms with E-state index in [-0.39, 0.29) is 6.04 Å². The van der Waals surface area contributed by atoms with Crippen molar-refractivity contribution in [1.82, 2.24) is 0 Å². The fourth-order valence-electron chi connectivity index (χ4n) is 1.38. The molecule has 1 atom stereocenters. The Morgan fingerprint density at radius 2 is 2.00 bits per heavy atom. The monoisotopic (exact) mass is 221 g/mol. The van der Waals surface area contributed by atoms with E-state index < -0.39 is 0 Å². The maximum atomic E-state index is 5.85. The van der Waals surface area contributed by atoms with Crippen LogP contribution in [0.25, 0.3) is 0 Å². The number of hydrogen-bond donors (Lipinski definition) is 3. The van der Waals surface area contributed by atoms with Crippen molar-refractivity contribution in [3.8, 4) is 5.75 Å². The first kappa shape index (κ1) is 12.5. The summed E-state index contributed by atoms with van der Waals surface area (Å²) in [5.74, 6) is 0.838. The van der Waals surface area contributed by atoms with Gasteiger partial charge in [-0.1, -0.05) is 12.1 Å². The lowest BCUT2D eigenvalue weighted by molar-refractivity contribution is 0.414. The van der Waals surface area contributed by atoms with Crippen LogP contribution >= 0.6 is 0 Å². The van der Waals surface area contributed by atoms with E-state index in [0.29, 0.717) is 13.0 Å². The second kappa shape index (κ2) is 6.15. The van der Waals surface area contributed by atoms with E-state index in [2.05, 4.69) is 0 Å². The normalized spacial score (nSPS) is 13.6. The molecule has 4 heteroatoms. The van der Waals surface area contributed by atoms with E-state index in [9.17, 15) is 0 Å². The van der Waals surface area contributed by atoms with Crippen LogP contribution in [-0.2, 0) is 6.42 Å². The summed E-state index contributed by atoms with van der Waals surface area (Å²) in [5.41, 5.74) is 18.8. The van der Waals surface area contributed by atoms with Gasteiger partial charge < -0.3 is 21.9 Å². The smallest absolute Gasteiger partial charge is 0.118 e. The average Bonchev–Trinajstić information content (AvgIpc) is 2.29. The Morgan fingerprint density at radius 3 is 2.50 bits per heavy atom. The largest absolute Gasteiger partial charge is 0.497 e. The van der Waals surface area contributed by atoms with Crippen molar-refractivity contribution < 1.29 is 4.74 Å². The molecule has 0 amide bonds. The first-order valence-corrected chi connectivity index (χ1v) is 5.20. The lowest BCUT2D eigenvalue weighted by Gasteiger charge is -2.07. The Bertz CT molecular complexity index is 346. The Hall–Kier alpha value is -1.52. The maximum absolute atomic E-state index is 5.85. The number of benzene rings is 1. The SMILES string of the molecule is COc1ccc(C/C(N)=C/C(N)CN)cc1. The van der Waals surface area contributed by atoms with Crippen LogP contribution in [0.1, 0.15) is 5.56 Å². The van der Waals surface area contributed by atoms with Crippen molar-refractivity contribution in [2.24, 2.45) is 17.2 Å². The van der Waals surface area contributed by atoms with Gasteiger partial charge in [0.15, 0.2) is 0 Å². The molecular formula is C12H19N3O. The van der Waals surface area contributed by atoms with Crippen LogP contribution in [0.2, 0.25) is 0 Å². The first-order chi connectivity index (χ1) is 7.65. The number of rotatable bonds is 5. The second-order valence-corrected chi connectivity index (χ2v) is 3.67. The molecule has 0 aromatic heterocycles. The van der Waals surface area contributed by atoms with Crippen molar-refractivity contribution in [3.63, 3.8) is 0 Å². The van der Waals surface area contributed by atoms with E-state index >= 15 is 0 Å².